The number of guanidine groups is 1. The molecule has 0 amide bonds. The van der Waals surface area contributed by atoms with Gasteiger partial charge >= 0.3 is 0 Å². The van der Waals surface area contributed by atoms with Crippen molar-refractivity contribution >= 4 is 41.7 Å². The van der Waals surface area contributed by atoms with Crippen molar-refractivity contribution in [3.05, 3.63) is 35.4 Å². The largest absolute Gasteiger partial charge is 0.381 e. The predicted octanol–water partition coefficient (Wildman–Crippen LogP) is 4.18. The van der Waals surface area contributed by atoms with Crippen LogP contribution in [0.25, 0.3) is 0 Å². The van der Waals surface area contributed by atoms with Gasteiger partial charge in [-0.3, -0.25) is 4.99 Å². The first-order chi connectivity index (χ1) is 12.1. The number of hydrogen-bond acceptors (Lipinski definition) is 3. The van der Waals surface area contributed by atoms with Gasteiger partial charge in [0.1, 0.15) is 0 Å². The van der Waals surface area contributed by atoms with Crippen LogP contribution in [0.3, 0.4) is 0 Å². The molecular weight excluding hydrogens is 457 g/mol. The van der Waals surface area contributed by atoms with E-state index < -0.39 is 0 Å². The zero-order valence-corrected chi connectivity index (χ0v) is 19.7. The molecule has 0 spiro atoms. The number of nitrogens with one attached hydrogen (secondary N) is 2. The quantitative estimate of drug-likeness (QED) is 0.341. The fourth-order valence-corrected chi connectivity index (χ4v) is 3.77. The zero-order chi connectivity index (χ0) is 18.1. The first-order valence-electron chi connectivity index (χ1n) is 9.30. The average Bonchev–Trinajstić information content (AvgIpc) is 2.65. The number of hydrogen-bond donors (Lipinski definition) is 2. The summed E-state index contributed by atoms with van der Waals surface area (Å²) in [5.74, 6) is 1.36. The van der Waals surface area contributed by atoms with Crippen LogP contribution in [-0.2, 0) is 4.74 Å². The van der Waals surface area contributed by atoms with E-state index in [0.717, 1.165) is 51.6 Å². The van der Waals surface area contributed by atoms with Crippen molar-refractivity contribution in [3.8, 4) is 0 Å². The van der Waals surface area contributed by atoms with Crippen LogP contribution in [0.4, 0.5) is 0 Å². The zero-order valence-electron chi connectivity index (χ0n) is 16.5. The highest BCUT2D eigenvalue weighted by molar-refractivity contribution is 14.0. The van der Waals surface area contributed by atoms with E-state index in [1.165, 1.54) is 11.1 Å². The van der Waals surface area contributed by atoms with Crippen LogP contribution >= 0.6 is 35.7 Å². The van der Waals surface area contributed by atoms with Gasteiger partial charge in [0, 0.05) is 31.1 Å². The maximum absolute atomic E-state index is 5.52. The maximum atomic E-state index is 5.52. The van der Waals surface area contributed by atoms with Gasteiger partial charge in [-0.2, -0.15) is 11.8 Å². The Labute approximate surface area is 180 Å². The Morgan fingerprint density at radius 2 is 1.88 bits per heavy atom. The molecule has 26 heavy (non-hydrogen) atoms. The van der Waals surface area contributed by atoms with Crippen molar-refractivity contribution < 1.29 is 4.74 Å². The summed E-state index contributed by atoms with van der Waals surface area (Å²) >= 11 is 1.93. The smallest absolute Gasteiger partial charge is 0.191 e. The van der Waals surface area contributed by atoms with Gasteiger partial charge in [-0.15, -0.1) is 24.0 Å². The van der Waals surface area contributed by atoms with Crippen molar-refractivity contribution in [2.24, 2.45) is 4.99 Å². The van der Waals surface area contributed by atoms with E-state index in [1.54, 1.807) is 0 Å². The van der Waals surface area contributed by atoms with E-state index in [4.69, 9.17) is 9.73 Å². The van der Waals surface area contributed by atoms with Crippen LogP contribution in [0.15, 0.2) is 29.3 Å². The Balaban J connectivity index is 0.00000338. The van der Waals surface area contributed by atoms with Gasteiger partial charge in [0.2, 0.25) is 0 Å². The first kappa shape index (κ1) is 23.6. The maximum Gasteiger partial charge on any atom is 0.191 e. The standard InChI is InChI=1S/C20H33N3OS.HI/c1-5-21-19(23-15-20(25-4)10-12-24-13-11-20)22-14-17(3)18-8-6-16(2)7-9-18;/h6-9,17H,5,10-15H2,1-4H3,(H2,21,22,23);1H. The van der Waals surface area contributed by atoms with Crippen LogP contribution in [-0.4, -0.2) is 49.8 Å². The number of halogens is 1. The molecule has 6 heteroatoms. The van der Waals surface area contributed by atoms with Crippen LogP contribution in [0.2, 0.25) is 0 Å². The van der Waals surface area contributed by atoms with Crippen molar-refractivity contribution in [1.82, 2.24) is 10.6 Å². The van der Waals surface area contributed by atoms with E-state index in [2.05, 4.69) is 61.9 Å². The summed E-state index contributed by atoms with van der Waals surface area (Å²) in [5, 5.41) is 6.89. The molecule has 1 heterocycles. The van der Waals surface area contributed by atoms with E-state index in [9.17, 15) is 0 Å². The number of aryl methyl sites for hydroxylation is 1. The van der Waals surface area contributed by atoms with Crippen LogP contribution in [0, 0.1) is 6.92 Å². The Hall–Kier alpha value is -0.470. The van der Waals surface area contributed by atoms with E-state index in [0.29, 0.717) is 5.92 Å². The molecule has 0 bridgehead atoms. The van der Waals surface area contributed by atoms with Crippen LogP contribution < -0.4 is 10.6 Å². The van der Waals surface area contributed by atoms with Gasteiger partial charge in [0.25, 0.3) is 0 Å². The molecule has 0 aliphatic carbocycles. The second-order valence-corrected chi connectivity index (χ2v) is 8.16. The second kappa shape index (κ2) is 12.1. The summed E-state index contributed by atoms with van der Waals surface area (Å²) in [6.07, 6.45) is 4.36. The summed E-state index contributed by atoms with van der Waals surface area (Å²) in [7, 11) is 0. The van der Waals surface area contributed by atoms with Crippen molar-refractivity contribution in [1.29, 1.82) is 0 Å². The third-order valence-corrected chi connectivity index (χ3v) is 6.33. The monoisotopic (exact) mass is 491 g/mol. The van der Waals surface area contributed by atoms with Crippen molar-refractivity contribution in [2.45, 2.75) is 44.3 Å². The highest BCUT2D eigenvalue weighted by atomic mass is 127. The van der Waals surface area contributed by atoms with E-state index in [-0.39, 0.29) is 28.7 Å². The number of thioether (sulfide) groups is 1. The second-order valence-electron chi connectivity index (χ2n) is 6.89. The highest BCUT2D eigenvalue weighted by Crippen LogP contribution is 2.33. The average molecular weight is 491 g/mol. The van der Waals surface area contributed by atoms with Gasteiger partial charge in [-0.1, -0.05) is 36.8 Å². The van der Waals surface area contributed by atoms with Crippen LogP contribution in [0.1, 0.15) is 43.7 Å². The Kier molecular flexibility index (Phi) is 11.0. The van der Waals surface area contributed by atoms with Crippen molar-refractivity contribution in [3.63, 3.8) is 0 Å². The summed E-state index contributed by atoms with van der Waals surface area (Å²) < 4.78 is 5.75. The SMILES string of the molecule is CCNC(=NCC1(SC)CCOCC1)NCC(C)c1ccc(C)cc1.I. The Morgan fingerprint density at radius 1 is 1.23 bits per heavy atom. The predicted molar refractivity (Wildman–Crippen MR) is 125 cm³/mol. The first-order valence-corrected chi connectivity index (χ1v) is 10.5. The molecule has 2 N–H and O–H groups in total. The molecule has 1 fully saturated rings. The molecule has 1 unspecified atom stereocenters. The van der Waals surface area contributed by atoms with Gasteiger partial charge in [0.05, 0.1) is 6.54 Å². The van der Waals surface area contributed by atoms with Gasteiger partial charge in [-0.25, -0.2) is 0 Å². The molecule has 1 aliphatic rings. The molecule has 4 nitrogen and oxygen atoms in total. The lowest BCUT2D eigenvalue weighted by Crippen LogP contribution is -2.42. The summed E-state index contributed by atoms with van der Waals surface area (Å²) in [6.45, 7) is 10.8. The third kappa shape index (κ3) is 7.27. The minimum absolute atomic E-state index is 0. The topological polar surface area (TPSA) is 45.7 Å². The lowest BCUT2D eigenvalue weighted by molar-refractivity contribution is 0.0794. The minimum Gasteiger partial charge on any atom is -0.381 e. The van der Waals surface area contributed by atoms with E-state index in [1.807, 2.05) is 11.8 Å². The third-order valence-electron chi connectivity index (χ3n) is 4.93. The van der Waals surface area contributed by atoms with Crippen LogP contribution in [0.5, 0.6) is 0 Å². The molecule has 0 aromatic heterocycles. The number of rotatable bonds is 7. The van der Waals surface area contributed by atoms with Crippen molar-refractivity contribution in [2.75, 3.05) is 39.1 Å². The summed E-state index contributed by atoms with van der Waals surface area (Å²) in [5.41, 5.74) is 2.66. The summed E-state index contributed by atoms with van der Waals surface area (Å²) in [6, 6.07) is 8.80. The lowest BCUT2D eigenvalue weighted by atomic mass is 9.99. The molecule has 0 saturated carbocycles. The highest BCUT2D eigenvalue weighted by Gasteiger charge is 2.31. The number of aliphatic imine (C=N–C) groups is 1. The molecule has 1 aromatic rings. The molecule has 1 atom stereocenters. The van der Waals surface area contributed by atoms with Gasteiger partial charge < -0.3 is 15.4 Å². The fourth-order valence-electron chi connectivity index (χ4n) is 3.00. The molecule has 1 aliphatic heterocycles. The van der Waals surface area contributed by atoms with Gasteiger partial charge in [0.15, 0.2) is 5.96 Å². The minimum atomic E-state index is 0. The molecule has 2 rings (SSSR count). The van der Waals surface area contributed by atoms with E-state index >= 15 is 0 Å². The molecule has 148 valence electrons. The number of ether oxygens (including phenoxy) is 1. The lowest BCUT2D eigenvalue weighted by Gasteiger charge is -2.34. The molecule has 1 saturated heterocycles. The molecular formula is C20H34IN3OS. The normalized spacial score (nSPS) is 17.9. The number of benzene rings is 1. The fraction of sp³-hybridized carbons (Fsp3) is 0.650. The Bertz CT molecular complexity index is 544. The number of nitrogens with zero attached hydrogens (tertiary/aromatic N) is 1. The summed E-state index contributed by atoms with van der Waals surface area (Å²) in [4.78, 5) is 4.88. The Morgan fingerprint density at radius 3 is 2.46 bits per heavy atom. The molecule has 1 aromatic carbocycles. The van der Waals surface area contributed by atoms with Gasteiger partial charge in [-0.05, 0) is 44.4 Å². The molecule has 0 radical (unpaired) electrons.